The maximum atomic E-state index is 14.3. The van der Waals surface area contributed by atoms with Crippen LogP contribution in [-0.4, -0.2) is 80.1 Å². The quantitative estimate of drug-likeness (QED) is 0.184. The molecule has 262 valence electrons. The summed E-state index contributed by atoms with van der Waals surface area (Å²) in [6.45, 7) is 13.4. The number of carbonyl (C=O) groups excluding carboxylic acids is 5. The Bertz CT molecular complexity index is 1470. The first-order valence-corrected chi connectivity index (χ1v) is 18.7. The van der Waals surface area contributed by atoms with Crippen LogP contribution in [0.1, 0.15) is 74.1 Å². The minimum atomic E-state index is -3.75. The van der Waals surface area contributed by atoms with Gasteiger partial charge in [0, 0.05) is 19.1 Å². The zero-order valence-corrected chi connectivity index (χ0v) is 29.9. The zero-order valence-electron chi connectivity index (χ0n) is 28.3. The average molecular weight is 695 g/mol. The molecule has 4 rings (SSSR count). The van der Waals surface area contributed by atoms with Gasteiger partial charge in [-0.15, -0.1) is 11.3 Å². The number of urea groups is 1. The number of ketones is 1. The van der Waals surface area contributed by atoms with Crippen LogP contribution < -0.4 is 26.4 Å². The molecule has 1 aliphatic heterocycles. The Labute approximate surface area is 281 Å². The summed E-state index contributed by atoms with van der Waals surface area (Å²) < 4.78 is 28.1. The first-order chi connectivity index (χ1) is 21.8. The van der Waals surface area contributed by atoms with Gasteiger partial charge in [-0.3, -0.25) is 19.2 Å². The van der Waals surface area contributed by atoms with E-state index in [1.165, 1.54) is 11.0 Å². The molecule has 0 radical (unpaired) electrons. The van der Waals surface area contributed by atoms with Crippen LogP contribution in [0.5, 0.6) is 0 Å². The third-order valence-corrected chi connectivity index (χ3v) is 13.0. The summed E-state index contributed by atoms with van der Waals surface area (Å²) in [5.41, 5.74) is 4.35. The Morgan fingerprint density at radius 2 is 1.74 bits per heavy atom. The van der Waals surface area contributed by atoms with Crippen LogP contribution in [-0.2, 0) is 29.2 Å². The lowest BCUT2D eigenvalue weighted by atomic mass is 9.80. The van der Waals surface area contributed by atoms with Crippen molar-refractivity contribution in [3.63, 3.8) is 0 Å². The van der Waals surface area contributed by atoms with Crippen molar-refractivity contribution in [3.05, 3.63) is 17.5 Å². The van der Waals surface area contributed by atoms with E-state index in [1.807, 2.05) is 27.7 Å². The molecule has 1 aromatic heterocycles. The SMILES string of the molecule is CC(C)[C@@H](CNS(=O)(=O)c1cccs1)NC(=O)N[C@H](C(=O)N1C[C@H]2[C@@H]([C@H]1C(=O)NC(CC1CCC1)C(=O)C(N)=O)C2(C)C)C(C)(C)C. The number of nitrogens with zero attached hydrogens (tertiary/aromatic N) is 1. The fraction of sp³-hybridized carbons (Fsp3) is 0.719. The Morgan fingerprint density at radius 1 is 1.09 bits per heavy atom. The van der Waals surface area contributed by atoms with Crippen molar-refractivity contribution in [2.75, 3.05) is 13.1 Å². The number of sulfonamides is 1. The Morgan fingerprint density at radius 3 is 2.26 bits per heavy atom. The smallest absolute Gasteiger partial charge is 0.315 e. The van der Waals surface area contributed by atoms with Gasteiger partial charge in [0.05, 0.1) is 6.04 Å². The molecule has 1 saturated heterocycles. The van der Waals surface area contributed by atoms with Gasteiger partial charge >= 0.3 is 6.03 Å². The number of nitrogens with one attached hydrogen (secondary N) is 4. The number of rotatable bonds is 14. The molecular weight excluding hydrogens is 645 g/mol. The predicted octanol–water partition coefficient (Wildman–Crippen LogP) is 1.98. The highest BCUT2D eigenvalue weighted by Crippen LogP contribution is 2.65. The molecule has 1 aromatic rings. The average Bonchev–Trinajstić information content (AvgIpc) is 3.41. The molecule has 0 aromatic carbocycles. The summed E-state index contributed by atoms with van der Waals surface area (Å²) in [7, 11) is -3.75. The molecule has 3 aliphatic rings. The molecule has 13 nitrogen and oxygen atoms in total. The highest BCUT2D eigenvalue weighted by Gasteiger charge is 2.70. The van der Waals surface area contributed by atoms with Crippen LogP contribution in [0.25, 0.3) is 0 Å². The lowest BCUT2D eigenvalue weighted by molar-refractivity contribution is -0.145. The van der Waals surface area contributed by atoms with Crippen molar-refractivity contribution >= 4 is 50.9 Å². The van der Waals surface area contributed by atoms with Crippen molar-refractivity contribution < 1.29 is 32.4 Å². The molecule has 0 spiro atoms. The second-order valence-electron chi connectivity index (χ2n) is 15.3. The molecule has 0 bridgehead atoms. The van der Waals surface area contributed by atoms with Gasteiger partial charge in [-0.25, -0.2) is 17.9 Å². The normalized spacial score (nSPS) is 24.0. The second-order valence-corrected chi connectivity index (χ2v) is 18.2. The third kappa shape index (κ3) is 8.16. The minimum absolute atomic E-state index is 0.0512. The van der Waals surface area contributed by atoms with Gasteiger partial charge in [-0.1, -0.05) is 73.8 Å². The van der Waals surface area contributed by atoms with Crippen molar-refractivity contribution in [1.29, 1.82) is 0 Å². The maximum Gasteiger partial charge on any atom is 0.315 e. The number of fused-ring (bicyclic) bond motifs is 1. The summed E-state index contributed by atoms with van der Waals surface area (Å²) in [6.07, 6.45) is 3.15. The van der Waals surface area contributed by atoms with Crippen LogP contribution in [0.4, 0.5) is 4.79 Å². The van der Waals surface area contributed by atoms with Crippen LogP contribution in [0.3, 0.4) is 0 Å². The van der Waals surface area contributed by atoms with Gasteiger partial charge in [0.2, 0.25) is 27.6 Å². The molecule has 2 heterocycles. The lowest BCUT2D eigenvalue weighted by Crippen LogP contribution is -2.62. The fourth-order valence-electron chi connectivity index (χ4n) is 6.83. The Kier molecular flexibility index (Phi) is 10.8. The van der Waals surface area contributed by atoms with Gasteiger partial charge < -0.3 is 26.6 Å². The first kappa shape index (κ1) is 36.8. The number of likely N-dealkylation sites (tertiary alicyclic amines) is 1. The van der Waals surface area contributed by atoms with Gasteiger partial charge in [0.15, 0.2) is 0 Å². The molecule has 47 heavy (non-hydrogen) atoms. The number of piperidine rings is 1. The lowest BCUT2D eigenvalue weighted by Gasteiger charge is -2.38. The number of nitrogens with two attached hydrogens (primary N) is 1. The number of amides is 5. The molecule has 5 amide bonds. The topological polar surface area (TPSA) is 197 Å². The maximum absolute atomic E-state index is 14.3. The molecular formula is C32H50N6O7S2. The van der Waals surface area contributed by atoms with Gasteiger partial charge in [-0.2, -0.15) is 0 Å². The van der Waals surface area contributed by atoms with Crippen molar-refractivity contribution in [1.82, 2.24) is 25.6 Å². The molecule has 1 unspecified atom stereocenters. The first-order valence-electron chi connectivity index (χ1n) is 16.3. The molecule has 15 heteroatoms. The number of hydrogen-bond acceptors (Lipinski definition) is 8. The van der Waals surface area contributed by atoms with E-state index in [4.69, 9.17) is 5.73 Å². The molecule has 6 atom stereocenters. The van der Waals surface area contributed by atoms with Crippen LogP contribution in [0.15, 0.2) is 21.7 Å². The van der Waals surface area contributed by atoms with E-state index in [1.54, 1.807) is 32.2 Å². The van der Waals surface area contributed by atoms with Crippen molar-refractivity contribution in [3.8, 4) is 0 Å². The van der Waals surface area contributed by atoms with E-state index >= 15 is 0 Å². The Balaban J connectivity index is 1.49. The molecule has 2 aliphatic carbocycles. The number of carbonyl (C=O) groups is 5. The summed E-state index contributed by atoms with van der Waals surface area (Å²) in [6, 6.07) is -1.08. The van der Waals surface area contributed by atoms with Crippen molar-refractivity contribution in [2.45, 2.75) is 103 Å². The van der Waals surface area contributed by atoms with E-state index in [2.05, 4.69) is 20.7 Å². The van der Waals surface area contributed by atoms with Gasteiger partial charge in [0.25, 0.3) is 5.91 Å². The summed E-state index contributed by atoms with van der Waals surface area (Å²) in [4.78, 5) is 67.5. The summed E-state index contributed by atoms with van der Waals surface area (Å²) in [5, 5.41) is 10.1. The van der Waals surface area contributed by atoms with Gasteiger partial charge in [0.1, 0.15) is 16.3 Å². The van der Waals surface area contributed by atoms with Crippen LogP contribution >= 0.6 is 11.3 Å². The molecule has 6 N–H and O–H groups in total. The van der Waals surface area contributed by atoms with Crippen molar-refractivity contribution in [2.24, 2.45) is 40.2 Å². The monoisotopic (exact) mass is 694 g/mol. The van der Waals surface area contributed by atoms with E-state index in [0.717, 1.165) is 30.6 Å². The molecule has 2 saturated carbocycles. The minimum Gasteiger partial charge on any atom is -0.363 e. The molecule has 3 fully saturated rings. The standard InChI is InChI=1S/C32H50N6O7S2/c1-17(2)21(15-34-47(44,45)22-12-9-13-46-22)36-30(43)37-26(31(3,4)5)29(42)38-16-19-23(32(19,6)7)24(38)28(41)35-20(25(39)27(33)40)14-18-10-8-11-18/h9,12-13,17-21,23-24,26,34H,8,10-11,14-16H2,1-7H3,(H2,33,40)(H,35,41)(H2,36,37,43)/t19-,20?,21+,23-,24-,26+/m0/s1. The second kappa shape index (κ2) is 13.8. The summed E-state index contributed by atoms with van der Waals surface area (Å²) >= 11 is 1.09. The zero-order chi connectivity index (χ0) is 35.1. The third-order valence-electron chi connectivity index (χ3n) is 10.2. The number of Topliss-reactive ketones (excluding diaryl/α,β-unsaturated/α-hetero) is 1. The van der Waals surface area contributed by atoms with E-state index in [0.29, 0.717) is 13.0 Å². The van der Waals surface area contributed by atoms with Crippen LogP contribution in [0, 0.1) is 34.5 Å². The largest absolute Gasteiger partial charge is 0.363 e. The van der Waals surface area contributed by atoms with E-state index in [9.17, 15) is 32.4 Å². The number of hydrogen-bond donors (Lipinski definition) is 5. The fourth-order valence-corrected chi connectivity index (χ4v) is 8.93. The van der Waals surface area contributed by atoms with Gasteiger partial charge in [-0.05, 0) is 52.4 Å². The van der Waals surface area contributed by atoms with Crippen LogP contribution in [0.2, 0.25) is 0 Å². The Hall–Kier alpha value is -3.04. The highest BCUT2D eigenvalue weighted by molar-refractivity contribution is 7.91. The van der Waals surface area contributed by atoms with E-state index in [-0.39, 0.29) is 39.8 Å². The van der Waals surface area contributed by atoms with E-state index < -0.39 is 69.1 Å². The predicted molar refractivity (Wildman–Crippen MR) is 177 cm³/mol. The number of primary amides is 1. The highest BCUT2D eigenvalue weighted by atomic mass is 32.2. The summed E-state index contributed by atoms with van der Waals surface area (Å²) in [5.74, 6) is -2.95. The number of thiophene rings is 1.